The molecule has 1 N–H and O–H groups in total. The Balaban J connectivity index is 1.92. The van der Waals surface area contributed by atoms with Crippen LogP contribution in [0.5, 0.6) is 0 Å². The molecule has 2 heterocycles. The van der Waals surface area contributed by atoms with Crippen molar-refractivity contribution in [2.75, 3.05) is 7.05 Å². The van der Waals surface area contributed by atoms with E-state index in [0.717, 1.165) is 24.5 Å². The summed E-state index contributed by atoms with van der Waals surface area (Å²) in [5, 5.41) is 5.26. The summed E-state index contributed by atoms with van der Waals surface area (Å²) in [6.45, 7) is 1.78. The van der Waals surface area contributed by atoms with Gasteiger partial charge in [0.15, 0.2) is 0 Å². The zero-order valence-corrected chi connectivity index (χ0v) is 12.8. The first-order valence-corrected chi connectivity index (χ1v) is 7.46. The standard InChI is InChI=1S/C17H18ClN3/c1-19-11-14-12-21(8-6-13-3-2-7-20-10-13)17-9-15(18)4-5-16(14)17/h2-5,7,9-10,12,19H,6,8,11H2,1H3. The zero-order valence-electron chi connectivity index (χ0n) is 12.0. The van der Waals surface area contributed by atoms with Crippen molar-refractivity contribution in [1.82, 2.24) is 14.9 Å². The molecule has 3 nitrogen and oxygen atoms in total. The first-order chi connectivity index (χ1) is 10.3. The molecule has 3 rings (SSSR count). The second kappa shape index (κ2) is 6.29. The fourth-order valence-electron chi connectivity index (χ4n) is 2.65. The number of benzene rings is 1. The zero-order chi connectivity index (χ0) is 14.7. The lowest BCUT2D eigenvalue weighted by Crippen LogP contribution is -2.04. The molecule has 0 fully saturated rings. The fourth-order valence-corrected chi connectivity index (χ4v) is 2.82. The van der Waals surface area contributed by atoms with Crippen molar-refractivity contribution in [3.8, 4) is 0 Å². The van der Waals surface area contributed by atoms with Crippen molar-refractivity contribution in [2.45, 2.75) is 19.5 Å². The van der Waals surface area contributed by atoms with Gasteiger partial charge in [-0.15, -0.1) is 0 Å². The Morgan fingerprint density at radius 3 is 2.95 bits per heavy atom. The lowest BCUT2D eigenvalue weighted by atomic mass is 10.2. The van der Waals surface area contributed by atoms with Crippen LogP contribution in [0.1, 0.15) is 11.1 Å². The van der Waals surface area contributed by atoms with Gasteiger partial charge in [0.05, 0.1) is 0 Å². The van der Waals surface area contributed by atoms with Gasteiger partial charge >= 0.3 is 0 Å². The Labute approximate surface area is 129 Å². The molecule has 2 aromatic heterocycles. The van der Waals surface area contributed by atoms with E-state index in [1.165, 1.54) is 22.0 Å². The smallest absolute Gasteiger partial charge is 0.0498 e. The predicted octanol–water partition coefficient (Wildman–Crippen LogP) is 3.65. The second-order valence-electron chi connectivity index (χ2n) is 5.15. The van der Waals surface area contributed by atoms with Gasteiger partial charge in [-0.3, -0.25) is 4.98 Å². The maximum Gasteiger partial charge on any atom is 0.0498 e. The molecule has 0 radical (unpaired) electrons. The van der Waals surface area contributed by atoms with E-state index in [-0.39, 0.29) is 0 Å². The van der Waals surface area contributed by atoms with Gasteiger partial charge in [-0.1, -0.05) is 23.7 Å². The van der Waals surface area contributed by atoms with E-state index in [0.29, 0.717) is 0 Å². The molecule has 0 spiro atoms. The number of fused-ring (bicyclic) bond motifs is 1. The summed E-state index contributed by atoms with van der Waals surface area (Å²) in [7, 11) is 1.97. The highest BCUT2D eigenvalue weighted by Gasteiger charge is 2.08. The minimum absolute atomic E-state index is 0.777. The van der Waals surface area contributed by atoms with Crippen molar-refractivity contribution in [3.05, 3.63) is 65.1 Å². The molecule has 0 amide bonds. The van der Waals surface area contributed by atoms with Crippen LogP contribution in [-0.2, 0) is 19.5 Å². The van der Waals surface area contributed by atoms with E-state index in [1.807, 2.05) is 31.4 Å². The maximum atomic E-state index is 6.16. The van der Waals surface area contributed by atoms with Crippen LogP contribution < -0.4 is 5.32 Å². The Bertz CT molecular complexity index is 734. The quantitative estimate of drug-likeness (QED) is 0.779. The number of aromatic nitrogens is 2. The van der Waals surface area contributed by atoms with Crippen LogP contribution >= 0.6 is 11.6 Å². The third-order valence-electron chi connectivity index (χ3n) is 3.66. The number of hydrogen-bond acceptors (Lipinski definition) is 2. The summed E-state index contributed by atoms with van der Waals surface area (Å²) < 4.78 is 2.28. The molecule has 0 aliphatic rings. The van der Waals surface area contributed by atoms with Gasteiger partial charge in [0.2, 0.25) is 0 Å². The Hall–Kier alpha value is -1.84. The number of hydrogen-bond donors (Lipinski definition) is 1. The number of aryl methyl sites for hydroxylation is 2. The van der Waals surface area contributed by atoms with E-state index in [2.05, 4.69) is 33.2 Å². The molecule has 108 valence electrons. The number of rotatable bonds is 5. The molecule has 0 atom stereocenters. The molecule has 1 aromatic carbocycles. The molecule has 0 saturated heterocycles. The molecule has 4 heteroatoms. The van der Waals surface area contributed by atoms with Crippen LogP contribution in [0.3, 0.4) is 0 Å². The molecule has 0 bridgehead atoms. The highest BCUT2D eigenvalue weighted by Crippen LogP contribution is 2.25. The van der Waals surface area contributed by atoms with E-state index < -0.39 is 0 Å². The van der Waals surface area contributed by atoms with Crippen molar-refractivity contribution < 1.29 is 0 Å². The monoisotopic (exact) mass is 299 g/mol. The summed E-state index contributed by atoms with van der Waals surface area (Å²) in [6.07, 6.45) is 6.91. The Morgan fingerprint density at radius 1 is 1.29 bits per heavy atom. The lowest BCUT2D eigenvalue weighted by molar-refractivity contribution is 0.713. The van der Waals surface area contributed by atoms with Crippen LogP contribution in [-0.4, -0.2) is 16.6 Å². The lowest BCUT2D eigenvalue weighted by Gasteiger charge is -2.05. The van der Waals surface area contributed by atoms with Crippen LogP contribution in [0.4, 0.5) is 0 Å². The van der Waals surface area contributed by atoms with E-state index >= 15 is 0 Å². The minimum atomic E-state index is 0.777. The normalized spacial score (nSPS) is 11.1. The third kappa shape index (κ3) is 3.09. The van der Waals surface area contributed by atoms with E-state index in [4.69, 9.17) is 11.6 Å². The Kier molecular flexibility index (Phi) is 4.23. The van der Waals surface area contributed by atoms with Crippen LogP contribution in [0.15, 0.2) is 48.9 Å². The van der Waals surface area contributed by atoms with Crippen molar-refractivity contribution in [2.24, 2.45) is 0 Å². The highest BCUT2D eigenvalue weighted by molar-refractivity contribution is 6.31. The molecule has 3 aromatic rings. The third-order valence-corrected chi connectivity index (χ3v) is 3.89. The predicted molar refractivity (Wildman–Crippen MR) is 87.7 cm³/mol. The topological polar surface area (TPSA) is 29.9 Å². The van der Waals surface area contributed by atoms with Crippen LogP contribution in [0.25, 0.3) is 10.9 Å². The van der Waals surface area contributed by atoms with E-state index in [9.17, 15) is 0 Å². The average molecular weight is 300 g/mol. The molecular weight excluding hydrogens is 282 g/mol. The summed E-state index contributed by atoms with van der Waals surface area (Å²) in [5.41, 5.74) is 3.74. The molecule has 0 saturated carbocycles. The van der Waals surface area contributed by atoms with Gasteiger partial charge in [-0.25, -0.2) is 0 Å². The van der Waals surface area contributed by atoms with Gasteiger partial charge in [-0.05, 0) is 42.8 Å². The number of nitrogens with one attached hydrogen (secondary N) is 1. The molecule has 21 heavy (non-hydrogen) atoms. The SMILES string of the molecule is CNCc1cn(CCc2cccnc2)c2cc(Cl)ccc12. The molecule has 0 aliphatic carbocycles. The average Bonchev–Trinajstić information content (AvgIpc) is 2.84. The van der Waals surface area contributed by atoms with Gasteiger partial charge < -0.3 is 9.88 Å². The van der Waals surface area contributed by atoms with Crippen molar-refractivity contribution in [3.63, 3.8) is 0 Å². The van der Waals surface area contributed by atoms with Gasteiger partial charge in [0.1, 0.15) is 0 Å². The summed E-state index contributed by atoms with van der Waals surface area (Å²) in [5.74, 6) is 0. The molecule has 0 aliphatic heterocycles. The number of pyridine rings is 1. The van der Waals surface area contributed by atoms with Gasteiger partial charge in [-0.2, -0.15) is 0 Å². The first kappa shape index (κ1) is 14.1. The van der Waals surface area contributed by atoms with Gasteiger partial charge in [0.25, 0.3) is 0 Å². The molecular formula is C17H18ClN3. The van der Waals surface area contributed by atoms with Crippen molar-refractivity contribution in [1.29, 1.82) is 0 Å². The summed E-state index contributed by atoms with van der Waals surface area (Å²) >= 11 is 6.16. The van der Waals surface area contributed by atoms with Crippen molar-refractivity contribution >= 4 is 22.5 Å². The largest absolute Gasteiger partial charge is 0.347 e. The fraction of sp³-hybridized carbons (Fsp3) is 0.235. The molecule has 0 unspecified atom stereocenters. The number of nitrogens with zero attached hydrogens (tertiary/aromatic N) is 2. The first-order valence-electron chi connectivity index (χ1n) is 7.08. The summed E-state index contributed by atoms with van der Waals surface area (Å²) in [4.78, 5) is 4.17. The van der Waals surface area contributed by atoms with Crippen LogP contribution in [0.2, 0.25) is 5.02 Å². The Morgan fingerprint density at radius 2 is 2.19 bits per heavy atom. The minimum Gasteiger partial charge on any atom is -0.347 e. The van der Waals surface area contributed by atoms with Crippen LogP contribution in [0, 0.1) is 0 Å². The van der Waals surface area contributed by atoms with E-state index in [1.54, 1.807) is 6.20 Å². The summed E-state index contributed by atoms with van der Waals surface area (Å²) in [6, 6.07) is 10.2. The second-order valence-corrected chi connectivity index (χ2v) is 5.59. The van der Waals surface area contributed by atoms with Gasteiger partial charge in [0, 0.05) is 47.6 Å². The maximum absolute atomic E-state index is 6.16. The number of halogens is 1. The highest BCUT2D eigenvalue weighted by atomic mass is 35.5.